The van der Waals surface area contributed by atoms with Gasteiger partial charge in [-0.3, -0.25) is 0 Å². The topological polar surface area (TPSA) is 58.0 Å². The van der Waals surface area contributed by atoms with Gasteiger partial charge in [-0.1, -0.05) is 18.3 Å². The summed E-state index contributed by atoms with van der Waals surface area (Å²) in [6, 6.07) is 0.546. The van der Waals surface area contributed by atoms with Crippen LogP contribution in [0.2, 0.25) is 0 Å². The van der Waals surface area contributed by atoms with Gasteiger partial charge < -0.3 is 10.4 Å². The minimum Gasteiger partial charge on any atom is -0.389 e. The third-order valence-corrected chi connectivity index (χ3v) is 3.46. The second kappa shape index (κ2) is 4.23. The molecule has 0 saturated heterocycles. The normalized spacial score (nSPS) is 26.7. The number of aliphatic hydroxyl groups is 1. The van der Waals surface area contributed by atoms with E-state index in [9.17, 15) is 0 Å². The lowest BCUT2D eigenvalue weighted by molar-refractivity contribution is 0.280. The van der Waals surface area contributed by atoms with Crippen molar-refractivity contribution in [1.82, 2.24) is 10.2 Å². The van der Waals surface area contributed by atoms with E-state index in [1.54, 1.807) is 0 Å². The van der Waals surface area contributed by atoms with Gasteiger partial charge >= 0.3 is 0 Å². The summed E-state index contributed by atoms with van der Waals surface area (Å²) in [5.41, 5.74) is 0. The monoisotopic (exact) mass is 213 g/mol. The standard InChI is InChI=1S/C9H15N3OS/c1-6-2-3-7(4-6)10-9-12-11-8(5-13)14-9/h6-7,13H,2-5H2,1H3,(H,10,12). The van der Waals surface area contributed by atoms with Crippen molar-refractivity contribution in [3.05, 3.63) is 5.01 Å². The van der Waals surface area contributed by atoms with E-state index in [0.717, 1.165) is 11.0 Å². The van der Waals surface area contributed by atoms with Gasteiger partial charge in [-0.05, 0) is 25.2 Å². The van der Waals surface area contributed by atoms with Gasteiger partial charge in [0.1, 0.15) is 5.01 Å². The first kappa shape index (κ1) is 9.86. The van der Waals surface area contributed by atoms with Crippen LogP contribution in [-0.4, -0.2) is 21.3 Å². The Balaban J connectivity index is 1.90. The molecule has 0 bridgehead atoms. The molecule has 0 amide bonds. The van der Waals surface area contributed by atoms with Crippen LogP contribution in [0.25, 0.3) is 0 Å². The third-order valence-electron chi connectivity index (χ3n) is 2.62. The molecule has 0 aromatic carbocycles. The molecule has 2 rings (SSSR count). The Morgan fingerprint density at radius 3 is 2.93 bits per heavy atom. The summed E-state index contributed by atoms with van der Waals surface area (Å²) in [5, 5.41) is 21.5. The Labute approximate surface area is 87.4 Å². The van der Waals surface area contributed by atoms with Gasteiger partial charge in [-0.25, -0.2) is 0 Å². The molecule has 2 unspecified atom stereocenters. The largest absolute Gasteiger partial charge is 0.389 e. The van der Waals surface area contributed by atoms with Crippen LogP contribution in [0.1, 0.15) is 31.2 Å². The Morgan fingerprint density at radius 1 is 1.50 bits per heavy atom. The first-order valence-electron chi connectivity index (χ1n) is 4.97. The highest BCUT2D eigenvalue weighted by molar-refractivity contribution is 7.15. The summed E-state index contributed by atoms with van der Waals surface area (Å²) in [7, 11) is 0. The highest BCUT2D eigenvalue weighted by Gasteiger charge is 2.21. The summed E-state index contributed by atoms with van der Waals surface area (Å²) in [4.78, 5) is 0. The first-order chi connectivity index (χ1) is 6.78. The fraction of sp³-hybridized carbons (Fsp3) is 0.778. The van der Waals surface area contributed by atoms with E-state index in [4.69, 9.17) is 5.11 Å². The maximum atomic E-state index is 8.83. The third kappa shape index (κ3) is 2.22. The van der Waals surface area contributed by atoms with Gasteiger partial charge in [-0.15, -0.1) is 10.2 Å². The predicted molar refractivity (Wildman–Crippen MR) is 56.3 cm³/mol. The van der Waals surface area contributed by atoms with Gasteiger partial charge in [0.2, 0.25) is 5.13 Å². The highest BCUT2D eigenvalue weighted by atomic mass is 32.1. The lowest BCUT2D eigenvalue weighted by Crippen LogP contribution is -2.14. The number of rotatable bonds is 3. The Morgan fingerprint density at radius 2 is 2.36 bits per heavy atom. The van der Waals surface area contributed by atoms with Gasteiger partial charge in [-0.2, -0.15) is 0 Å². The zero-order valence-electron chi connectivity index (χ0n) is 8.23. The van der Waals surface area contributed by atoms with Crippen molar-refractivity contribution >= 4 is 16.5 Å². The molecule has 1 saturated carbocycles. The average Bonchev–Trinajstić information content (AvgIpc) is 2.76. The molecule has 1 fully saturated rings. The minimum atomic E-state index is -0.0135. The number of anilines is 1. The molecular formula is C9H15N3OS. The van der Waals surface area contributed by atoms with Crippen molar-refractivity contribution in [2.24, 2.45) is 5.92 Å². The summed E-state index contributed by atoms with van der Waals surface area (Å²) in [6.07, 6.45) is 3.73. The van der Waals surface area contributed by atoms with Crippen LogP contribution in [0, 0.1) is 5.92 Å². The van der Waals surface area contributed by atoms with Crippen molar-refractivity contribution in [2.45, 2.75) is 38.8 Å². The predicted octanol–water partition coefficient (Wildman–Crippen LogP) is 1.63. The van der Waals surface area contributed by atoms with Gasteiger partial charge in [0.25, 0.3) is 0 Å². The number of nitrogens with zero attached hydrogens (tertiary/aromatic N) is 2. The van der Waals surface area contributed by atoms with E-state index < -0.39 is 0 Å². The SMILES string of the molecule is CC1CCC(Nc2nnc(CO)s2)C1. The first-order valence-corrected chi connectivity index (χ1v) is 5.79. The Bertz CT molecular complexity index is 302. The molecular weight excluding hydrogens is 198 g/mol. The molecule has 0 radical (unpaired) electrons. The minimum absolute atomic E-state index is 0.0135. The fourth-order valence-electron chi connectivity index (χ4n) is 1.89. The molecule has 1 aromatic heterocycles. The van der Waals surface area contributed by atoms with Crippen LogP contribution >= 0.6 is 11.3 Å². The van der Waals surface area contributed by atoms with Crippen molar-refractivity contribution in [2.75, 3.05) is 5.32 Å². The summed E-state index contributed by atoms with van der Waals surface area (Å²) in [6.45, 7) is 2.27. The van der Waals surface area contributed by atoms with Gasteiger partial charge in [0, 0.05) is 6.04 Å². The molecule has 14 heavy (non-hydrogen) atoms. The zero-order chi connectivity index (χ0) is 9.97. The molecule has 0 aliphatic heterocycles. The lowest BCUT2D eigenvalue weighted by atomic mass is 10.1. The van der Waals surface area contributed by atoms with Crippen LogP contribution < -0.4 is 5.32 Å². The second-order valence-electron chi connectivity index (χ2n) is 3.92. The number of aliphatic hydroxyl groups excluding tert-OH is 1. The van der Waals surface area contributed by atoms with Crippen LogP contribution in [0.5, 0.6) is 0 Å². The molecule has 1 aliphatic carbocycles. The smallest absolute Gasteiger partial charge is 0.205 e. The second-order valence-corrected chi connectivity index (χ2v) is 4.98. The van der Waals surface area contributed by atoms with E-state index in [2.05, 4.69) is 22.4 Å². The van der Waals surface area contributed by atoms with Crippen LogP contribution in [0.15, 0.2) is 0 Å². The molecule has 2 N–H and O–H groups in total. The zero-order valence-corrected chi connectivity index (χ0v) is 9.05. The Kier molecular flexibility index (Phi) is 2.98. The van der Waals surface area contributed by atoms with Gasteiger partial charge in [0.15, 0.2) is 0 Å². The molecule has 1 aliphatic rings. The molecule has 5 heteroatoms. The van der Waals surface area contributed by atoms with Gasteiger partial charge in [0.05, 0.1) is 6.61 Å². The van der Waals surface area contributed by atoms with E-state index in [1.165, 1.54) is 30.6 Å². The van der Waals surface area contributed by atoms with Crippen LogP contribution in [-0.2, 0) is 6.61 Å². The van der Waals surface area contributed by atoms with E-state index in [-0.39, 0.29) is 6.61 Å². The molecule has 0 spiro atoms. The molecule has 1 aromatic rings. The number of aromatic nitrogens is 2. The Hall–Kier alpha value is -0.680. The average molecular weight is 213 g/mol. The molecule has 78 valence electrons. The molecule has 1 heterocycles. The fourth-order valence-corrected chi connectivity index (χ4v) is 2.57. The van der Waals surface area contributed by atoms with E-state index in [0.29, 0.717) is 11.0 Å². The van der Waals surface area contributed by atoms with Crippen molar-refractivity contribution in [1.29, 1.82) is 0 Å². The van der Waals surface area contributed by atoms with Crippen LogP contribution in [0.3, 0.4) is 0 Å². The van der Waals surface area contributed by atoms with E-state index >= 15 is 0 Å². The van der Waals surface area contributed by atoms with E-state index in [1.807, 2.05) is 0 Å². The summed E-state index contributed by atoms with van der Waals surface area (Å²) >= 11 is 1.44. The molecule has 4 nitrogen and oxygen atoms in total. The quantitative estimate of drug-likeness (QED) is 0.801. The van der Waals surface area contributed by atoms with Crippen molar-refractivity contribution < 1.29 is 5.11 Å². The lowest BCUT2D eigenvalue weighted by Gasteiger charge is -2.09. The highest BCUT2D eigenvalue weighted by Crippen LogP contribution is 2.28. The summed E-state index contributed by atoms with van der Waals surface area (Å²) < 4.78 is 0. The van der Waals surface area contributed by atoms with Crippen molar-refractivity contribution in [3.8, 4) is 0 Å². The maximum Gasteiger partial charge on any atom is 0.205 e. The van der Waals surface area contributed by atoms with Crippen LogP contribution in [0.4, 0.5) is 5.13 Å². The molecule has 2 atom stereocenters. The van der Waals surface area contributed by atoms with Crippen molar-refractivity contribution in [3.63, 3.8) is 0 Å². The number of hydrogen-bond donors (Lipinski definition) is 2. The number of hydrogen-bond acceptors (Lipinski definition) is 5. The number of nitrogens with one attached hydrogen (secondary N) is 1. The maximum absolute atomic E-state index is 8.83. The summed E-state index contributed by atoms with van der Waals surface area (Å²) in [5.74, 6) is 0.817.